The summed E-state index contributed by atoms with van der Waals surface area (Å²) in [4.78, 5) is 11.3. The molecule has 12 heteroatoms. The molecule has 200 valence electrons. The van der Waals surface area contributed by atoms with E-state index < -0.39 is 23.4 Å². The first kappa shape index (κ1) is 25.3. The van der Waals surface area contributed by atoms with Crippen molar-refractivity contribution in [3.63, 3.8) is 0 Å². The van der Waals surface area contributed by atoms with E-state index in [-0.39, 0.29) is 35.7 Å². The van der Waals surface area contributed by atoms with Crippen LogP contribution in [0.25, 0.3) is 33.8 Å². The monoisotopic (exact) mass is 547 g/mol. The van der Waals surface area contributed by atoms with E-state index in [1.54, 1.807) is 35.5 Å². The van der Waals surface area contributed by atoms with Crippen molar-refractivity contribution in [2.24, 2.45) is 5.10 Å². The van der Waals surface area contributed by atoms with Crippen LogP contribution in [0.4, 0.5) is 22.0 Å². The van der Waals surface area contributed by atoms with E-state index in [2.05, 4.69) is 30.3 Å². The summed E-state index contributed by atoms with van der Waals surface area (Å²) in [6.07, 6.45) is -0.0496. The number of hydrazone groups is 1. The van der Waals surface area contributed by atoms with Gasteiger partial charge in [0.1, 0.15) is 5.82 Å². The summed E-state index contributed by atoms with van der Waals surface area (Å²) in [6, 6.07) is 14.3. The lowest BCUT2D eigenvalue weighted by molar-refractivity contribution is -0.137. The van der Waals surface area contributed by atoms with Gasteiger partial charge in [-0.05, 0) is 42.0 Å². The van der Waals surface area contributed by atoms with Gasteiger partial charge < -0.3 is 4.98 Å². The summed E-state index contributed by atoms with van der Waals surface area (Å²) in [5, 5.41) is 14.1. The normalized spacial score (nSPS) is 13.0. The Kier molecular flexibility index (Phi) is 6.29. The molecular formula is C28H18F5N7. The van der Waals surface area contributed by atoms with Crippen molar-refractivity contribution in [2.75, 3.05) is 0 Å². The molecule has 0 radical (unpaired) electrons. The topological polar surface area (TPSA) is 83.0 Å². The fraction of sp³-hybridized carbons (Fsp3) is 0.107. The van der Waals surface area contributed by atoms with Gasteiger partial charge >= 0.3 is 6.18 Å². The quantitative estimate of drug-likeness (QED) is 0.263. The molecule has 1 aliphatic heterocycles. The Morgan fingerprint density at radius 2 is 1.77 bits per heavy atom. The molecule has 5 aromatic rings. The molecule has 1 aliphatic rings. The maximum absolute atomic E-state index is 14.2. The van der Waals surface area contributed by atoms with Gasteiger partial charge in [-0.15, -0.1) is 0 Å². The Labute approximate surface area is 224 Å². The molecule has 6 rings (SSSR count). The summed E-state index contributed by atoms with van der Waals surface area (Å²) in [7, 11) is 0. The minimum Gasteiger partial charge on any atom is -0.337 e. The fourth-order valence-electron chi connectivity index (χ4n) is 4.40. The Morgan fingerprint density at radius 3 is 2.52 bits per heavy atom. The van der Waals surface area contributed by atoms with Gasteiger partial charge in [0.2, 0.25) is 0 Å². The van der Waals surface area contributed by atoms with Crippen LogP contribution in [0.5, 0.6) is 0 Å². The predicted octanol–water partition coefficient (Wildman–Crippen LogP) is 6.24. The number of rotatable bonds is 5. The van der Waals surface area contributed by atoms with Crippen molar-refractivity contribution in [3.05, 3.63) is 107 Å². The second kappa shape index (κ2) is 9.95. The van der Waals surface area contributed by atoms with Crippen molar-refractivity contribution >= 4 is 6.21 Å². The summed E-state index contributed by atoms with van der Waals surface area (Å²) < 4.78 is 69.7. The number of H-pyrrole nitrogens is 1. The molecule has 40 heavy (non-hydrogen) atoms. The molecule has 2 aromatic carbocycles. The lowest BCUT2D eigenvalue weighted by Crippen LogP contribution is -2.22. The number of pyridine rings is 1. The smallest absolute Gasteiger partial charge is 0.337 e. The zero-order valence-electron chi connectivity index (χ0n) is 20.5. The molecule has 0 atom stereocenters. The molecule has 0 spiro atoms. The first-order chi connectivity index (χ1) is 19.3. The summed E-state index contributed by atoms with van der Waals surface area (Å²) in [5.41, 5.74) is 1.72. The summed E-state index contributed by atoms with van der Waals surface area (Å²) in [5.74, 6) is -1.80. The van der Waals surface area contributed by atoms with Gasteiger partial charge in [0, 0.05) is 23.5 Å². The largest absolute Gasteiger partial charge is 0.417 e. The number of hydrogen-bond donors (Lipinski definition) is 1. The van der Waals surface area contributed by atoms with Crippen LogP contribution in [0, 0.1) is 11.6 Å². The number of alkyl halides is 3. The maximum Gasteiger partial charge on any atom is 0.417 e. The van der Waals surface area contributed by atoms with Crippen LogP contribution in [0.15, 0.2) is 78.2 Å². The maximum atomic E-state index is 14.2. The first-order valence-corrected chi connectivity index (χ1v) is 12.0. The predicted molar refractivity (Wildman–Crippen MR) is 136 cm³/mol. The fourth-order valence-corrected chi connectivity index (χ4v) is 4.40. The van der Waals surface area contributed by atoms with Crippen LogP contribution < -0.4 is 0 Å². The second-order valence-corrected chi connectivity index (χ2v) is 9.02. The number of nitrogens with zero attached hydrogens (tertiary/aromatic N) is 6. The highest BCUT2D eigenvalue weighted by Gasteiger charge is 2.34. The lowest BCUT2D eigenvalue weighted by atomic mass is 9.97. The SMILES string of the molecule is Fc1cccc(-c2nc3c([nH]2)C=NN(Cc2ccc(-c4ccc(-c5cccnc5)cc4C(F)(F)F)nn2)C3)c1F. The molecule has 3 aromatic heterocycles. The van der Waals surface area contributed by atoms with E-state index in [1.807, 2.05) is 0 Å². The van der Waals surface area contributed by atoms with Crippen molar-refractivity contribution in [1.82, 2.24) is 30.2 Å². The minimum absolute atomic E-state index is 0.00231. The average Bonchev–Trinajstić information content (AvgIpc) is 3.38. The third kappa shape index (κ3) is 4.91. The third-order valence-electron chi connectivity index (χ3n) is 6.36. The van der Waals surface area contributed by atoms with Crippen molar-refractivity contribution in [1.29, 1.82) is 0 Å². The molecule has 7 nitrogen and oxygen atoms in total. The number of aromatic nitrogens is 5. The van der Waals surface area contributed by atoms with E-state index in [1.165, 1.54) is 36.7 Å². The van der Waals surface area contributed by atoms with Crippen LogP contribution in [-0.2, 0) is 19.3 Å². The lowest BCUT2D eigenvalue weighted by Gasteiger charge is -2.20. The van der Waals surface area contributed by atoms with Gasteiger partial charge in [-0.1, -0.05) is 24.3 Å². The number of fused-ring (bicyclic) bond motifs is 1. The standard InChI is InChI=1S/C28H18F5N7/c29-22-5-1-4-20(26(22)30)27-36-24-13-35-40(15-25(24)37-27)14-18-7-9-23(39-38-18)19-8-6-16(11-21(19)28(31,32)33)17-3-2-10-34-12-17/h1-13H,14-15H2,(H,36,37). The summed E-state index contributed by atoms with van der Waals surface area (Å²) in [6.45, 7) is 0.447. The van der Waals surface area contributed by atoms with Crippen molar-refractivity contribution < 1.29 is 22.0 Å². The average molecular weight is 547 g/mol. The number of nitrogens with one attached hydrogen (secondary N) is 1. The number of halogens is 5. The second-order valence-electron chi connectivity index (χ2n) is 9.02. The van der Waals surface area contributed by atoms with Crippen molar-refractivity contribution in [3.8, 4) is 33.8 Å². The molecule has 0 saturated carbocycles. The highest BCUT2D eigenvalue weighted by Crippen LogP contribution is 2.39. The van der Waals surface area contributed by atoms with Crippen LogP contribution in [0.1, 0.15) is 22.6 Å². The first-order valence-electron chi connectivity index (χ1n) is 12.0. The zero-order valence-corrected chi connectivity index (χ0v) is 20.5. The number of hydrogen-bond acceptors (Lipinski definition) is 6. The van der Waals surface area contributed by atoms with Crippen LogP contribution in [0.3, 0.4) is 0 Å². The molecular weight excluding hydrogens is 529 g/mol. The van der Waals surface area contributed by atoms with Gasteiger partial charge in [0.15, 0.2) is 11.6 Å². The van der Waals surface area contributed by atoms with E-state index >= 15 is 0 Å². The Balaban J connectivity index is 1.20. The molecule has 0 fully saturated rings. The Morgan fingerprint density at radius 1 is 0.900 bits per heavy atom. The van der Waals surface area contributed by atoms with Gasteiger partial charge in [-0.3, -0.25) is 9.99 Å². The molecule has 4 heterocycles. The third-order valence-corrected chi connectivity index (χ3v) is 6.36. The zero-order chi connectivity index (χ0) is 27.9. The van der Waals surface area contributed by atoms with Gasteiger partial charge in [0.25, 0.3) is 0 Å². The van der Waals surface area contributed by atoms with Gasteiger partial charge in [-0.2, -0.15) is 28.5 Å². The van der Waals surface area contributed by atoms with Crippen LogP contribution in [0.2, 0.25) is 0 Å². The van der Waals surface area contributed by atoms with Crippen LogP contribution in [-0.4, -0.2) is 36.4 Å². The van der Waals surface area contributed by atoms with E-state index in [0.717, 1.165) is 12.1 Å². The van der Waals surface area contributed by atoms with Gasteiger partial charge in [0.05, 0.1) is 53.2 Å². The molecule has 0 aliphatic carbocycles. The number of benzene rings is 2. The Bertz CT molecular complexity index is 1710. The van der Waals surface area contributed by atoms with E-state index in [4.69, 9.17) is 0 Å². The van der Waals surface area contributed by atoms with Crippen molar-refractivity contribution in [2.45, 2.75) is 19.3 Å². The Hall–Kier alpha value is -5.00. The van der Waals surface area contributed by atoms with E-state index in [0.29, 0.717) is 28.2 Å². The minimum atomic E-state index is -4.61. The molecule has 1 N–H and O–H groups in total. The summed E-state index contributed by atoms with van der Waals surface area (Å²) >= 11 is 0. The van der Waals surface area contributed by atoms with Gasteiger partial charge in [-0.25, -0.2) is 13.8 Å². The highest BCUT2D eigenvalue weighted by atomic mass is 19.4. The molecule has 0 saturated heterocycles. The van der Waals surface area contributed by atoms with Crippen LogP contribution >= 0.6 is 0 Å². The number of imidazole rings is 1. The molecule has 0 unspecified atom stereocenters. The molecule has 0 bridgehead atoms. The highest BCUT2D eigenvalue weighted by molar-refractivity contribution is 5.81. The van der Waals surface area contributed by atoms with E-state index in [9.17, 15) is 22.0 Å². The number of aromatic amines is 1. The molecule has 0 amide bonds.